The number of fused-ring (bicyclic) bond motifs is 6. The summed E-state index contributed by atoms with van der Waals surface area (Å²) in [6.07, 6.45) is 3.99. The Morgan fingerprint density at radius 1 is 1.26 bits per heavy atom. The Balaban J connectivity index is 1.76. The van der Waals surface area contributed by atoms with E-state index in [4.69, 9.17) is 4.74 Å². The van der Waals surface area contributed by atoms with Crippen LogP contribution in [0, 0.1) is 11.8 Å². The van der Waals surface area contributed by atoms with Crippen molar-refractivity contribution in [2.24, 2.45) is 11.8 Å². The lowest BCUT2D eigenvalue weighted by atomic mass is 9.94. The fourth-order valence-corrected chi connectivity index (χ4v) is 5.62. The van der Waals surface area contributed by atoms with E-state index in [9.17, 15) is 4.79 Å². The fraction of sp³-hybridized carbons (Fsp3) is 0.400. The van der Waals surface area contributed by atoms with E-state index in [1.807, 2.05) is 18.2 Å². The molecule has 98 valence electrons. The van der Waals surface area contributed by atoms with E-state index in [1.165, 1.54) is 0 Å². The Morgan fingerprint density at radius 2 is 2.05 bits per heavy atom. The number of Topliss-reactive ketones (excluding diaryl/α,β-unsaturated/α-hetero) is 1. The maximum Gasteiger partial charge on any atom is 0.160 e. The van der Waals surface area contributed by atoms with Crippen LogP contribution in [0.2, 0.25) is 0 Å². The number of rotatable bonds is 2. The van der Waals surface area contributed by atoms with Crippen LogP contribution in [0.3, 0.4) is 0 Å². The molecule has 4 unspecified atom stereocenters. The van der Waals surface area contributed by atoms with Gasteiger partial charge in [-0.25, -0.2) is 0 Å². The topological polar surface area (TPSA) is 26.3 Å². The van der Waals surface area contributed by atoms with Crippen LogP contribution >= 0.6 is 27.7 Å². The number of thioether (sulfide) groups is 1. The molecule has 4 rings (SSSR count). The minimum absolute atomic E-state index is 0.00733. The number of halogens is 1. The van der Waals surface area contributed by atoms with Crippen molar-refractivity contribution in [2.45, 2.75) is 28.8 Å². The molecule has 1 aromatic rings. The smallest absolute Gasteiger partial charge is 0.160 e. The van der Waals surface area contributed by atoms with Gasteiger partial charge >= 0.3 is 0 Å². The highest BCUT2D eigenvalue weighted by molar-refractivity contribution is 9.12. The van der Waals surface area contributed by atoms with Crippen LogP contribution < -0.4 is 0 Å². The zero-order chi connectivity index (χ0) is 13.0. The molecule has 1 aliphatic carbocycles. The summed E-state index contributed by atoms with van der Waals surface area (Å²) in [6.45, 7) is 0. The predicted octanol–water partition coefficient (Wildman–Crippen LogP) is 3.76. The van der Waals surface area contributed by atoms with Crippen molar-refractivity contribution in [3.8, 4) is 0 Å². The van der Waals surface area contributed by atoms with Crippen LogP contribution in [-0.4, -0.2) is 16.8 Å². The van der Waals surface area contributed by atoms with Gasteiger partial charge in [0.25, 0.3) is 0 Å². The summed E-state index contributed by atoms with van der Waals surface area (Å²) in [5.74, 6) is 0.474. The van der Waals surface area contributed by atoms with E-state index in [2.05, 4.69) is 34.1 Å². The molecule has 3 aliphatic rings. The summed E-state index contributed by atoms with van der Waals surface area (Å²) >= 11 is 5.32. The number of benzene rings is 1. The molecule has 2 fully saturated rings. The summed E-state index contributed by atoms with van der Waals surface area (Å²) < 4.78 is 7.30. The van der Waals surface area contributed by atoms with Crippen LogP contribution in [0.1, 0.15) is 12.8 Å². The van der Waals surface area contributed by atoms with E-state index >= 15 is 0 Å². The molecule has 0 aromatic heterocycles. The van der Waals surface area contributed by atoms with Crippen LogP contribution in [-0.2, 0) is 9.53 Å². The third-order valence-electron chi connectivity index (χ3n) is 4.30. The molecule has 4 atom stereocenters. The van der Waals surface area contributed by atoms with Gasteiger partial charge in [-0.3, -0.25) is 4.79 Å². The molecule has 0 N–H and O–H groups in total. The maximum absolute atomic E-state index is 12.4. The normalized spacial score (nSPS) is 39.5. The predicted molar refractivity (Wildman–Crippen MR) is 78.1 cm³/mol. The molecule has 0 spiro atoms. The molecule has 1 aromatic carbocycles. The monoisotopic (exact) mass is 336 g/mol. The van der Waals surface area contributed by atoms with Gasteiger partial charge in [-0.1, -0.05) is 45.9 Å². The van der Waals surface area contributed by atoms with Gasteiger partial charge in [0.1, 0.15) is 5.78 Å². The van der Waals surface area contributed by atoms with Gasteiger partial charge in [-0.15, -0.1) is 0 Å². The van der Waals surface area contributed by atoms with E-state index in [1.54, 1.807) is 11.8 Å². The van der Waals surface area contributed by atoms with Gasteiger partial charge in [0.05, 0.1) is 12.0 Å². The quantitative estimate of drug-likeness (QED) is 0.822. The third kappa shape index (κ3) is 1.63. The third-order valence-corrected chi connectivity index (χ3v) is 6.83. The molecule has 4 bridgehead atoms. The van der Waals surface area contributed by atoms with Gasteiger partial charge in [-0.2, -0.15) is 0 Å². The van der Waals surface area contributed by atoms with Crippen molar-refractivity contribution < 1.29 is 9.53 Å². The first-order valence-corrected chi connectivity index (χ1v) is 8.15. The van der Waals surface area contributed by atoms with Crippen LogP contribution in [0.4, 0.5) is 0 Å². The van der Waals surface area contributed by atoms with Crippen molar-refractivity contribution in [3.05, 3.63) is 40.9 Å². The lowest BCUT2D eigenvalue weighted by Crippen LogP contribution is -2.46. The molecule has 4 heteroatoms. The minimum Gasteiger partial charge on any atom is -0.350 e. The highest BCUT2D eigenvalue weighted by Crippen LogP contribution is 2.60. The summed E-state index contributed by atoms with van der Waals surface area (Å²) in [5, 5.41) is 0. The number of carbonyl (C=O) groups is 1. The van der Waals surface area contributed by atoms with Gasteiger partial charge in [0, 0.05) is 15.3 Å². The minimum atomic E-state index is -0.518. The van der Waals surface area contributed by atoms with Crippen molar-refractivity contribution in [1.29, 1.82) is 0 Å². The fourth-order valence-electron chi connectivity index (χ4n) is 3.40. The molecular formula is C15H13BrO2S. The number of ketones is 1. The SMILES string of the molecule is O=C1C2CCC1C1(Sc3ccccc3)OC2C=C1Br. The second-order valence-electron chi connectivity index (χ2n) is 5.32. The molecular weight excluding hydrogens is 324 g/mol. The van der Waals surface area contributed by atoms with Gasteiger partial charge in [-0.05, 0) is 31.1 Å². The Kier molecular flexibility index (Phi) is 2.70. The number of ether oxygens (including phenoxy) is 1. The maximum atomic E-state index is 12.4. The zero-order valence-corrected chi connectivity index (χ0v) is 12.6. The van der Waals surface area contributed by atoms with Crippen molar-refractivity contribution in [2.75, 3.05) is 0 Å². The molecule has 2 nitrogen and oxygen atoms in total. The first-order chi connectivity index (χ1) is 9.21. The van der Waals surface area contributed by atoms with Crippen LogP contribution in [0.5, 0.6) is 0 Å². The second-order valence-corrected chi connectivity index (χ2v) is 7.45. The van der Waals surface area contributed by atoms with Gasteiger partial charge in [0.2, 0.25) is 0 Å². The van der Waals surface area contributed by atoms with Gasteiger partial charge in [0.15, 0.2) is 4.93 Å². The van der Waals surface area contributed by atoms with Crippen molar-refractivity contribution >= 4 is 33.5 Å². The van der Waals surface area contributed by atoms with Crippen molar-refractivity contribution in [3.63, 3.8) is 0 Å². The summed E-state index contributed by atoms with van der Waals surface area (Å²) in [6, 6.07) is 10.2. The second kappa shape index (κ2) is 4.21. The Labute approximate surface area is 124 Å². The van der Waals surface area contributed by atoms with Crippen LogP contribution in [0.15, 0.2) is 45.8 Å². The summed E-state index contributed by atoms with van der Waals surface area (Å²) in [5.41, 5.74) is 0. The highest BCUT2D eigenvalue weighted by atomic mass is 79.9. The summed E-state index contributed by atoms with van der Waals surface area (Å²) in [4.78, 5) is 13.1. The average molecular weight is 337 g/mol. The molecule has 19 heavy (non-hydrogen) atoms. The van der Waals surface area contributed by atoms with E-state index < -0.39 is 4.93 Å². The first kappa shape index (κ1) is 12.2. The number of hydrogen-bond acceptors (Lipinski definition) is 3. The highest BCUT2D eigenvalue weighted by Gasteiger charge is 2.62. The van der Waals surface area contributed by atoms with E-state index in [0.29, 0.717) is 5.78 Å². The standard InChI is InChI=1S/C15H13BrO2S/c16-13-8-12-10-6-7-11(14(10)17)15(13,18-12)19-9-4-2-1-3-5-9/h1-5,8,10-12H,6-7H2. The van der Waals surface area contributed by atoms with Crippen LogP contribution in [0.25, 0.3) is 0 Å². The lowest BCUT2D eigenvalue weighted by molar-refractivity contribution is -0.141. The average Bonchev–Trinajstić information content (AvgIpc) is 2.85. The first-order valence-electron chi connectivity index (χ1n) is 6.54. The summed E-state index contributed by atoms with van der Waals surface area (Å²) in [7, 11) is 0. The Bertz CT molecular complexity index is 571. The van der Waals surface area contributed by atoms with Crippen molar-refractivity contribution in [1.82, 2.24) is 0 Å². The molecule has 0 radical (unpaired) electrons. The molecule has 1 saturated heterocycles. The molecule has 1 saturated carbocycles. The number of carbonyl (C=O) groups excluding carboxylic acids is 1. The van der Waals surface area contributed by atoms with E-state index in [0.717, 1.165) is 22.2 Å². The molecule has 2 heterocycles. The molecule has 0 amide bonds. The number of hydrogen-bond donors (Lipinski definition) is 0. The van der Waals surface area contributed by atoms with Gasteiger partial charge < -0.3 is 4.74 Å². The lowest BCUT2D eigenvalue weighted by Gasteiger charge is -2.38. The Morgan fingerprint density at radius 3 is 2.84 bits per heavy atom. The zero-order valence-electron chi connectivity index (χ0n) is 10.2. The molecule has 2 aliphatic heterocycles. The Hall–Kier alpha value is -0.580. The van der Waals surface area contributed by atoms with E-state index in [-0.39, 0.29) is 17.9 Å². The largest absolute Gasteiger partial charge is 0.350 e.